The van der Waals surface area contributed by atoms with Gasteiger partial charge in [0.1, 0.15) is 10.7 Å². The van der Waals surface area contributed by atoms with Crippen LogP contribution in [0.1, 0.15) is 19.5 Å². The van der Waals surface area contributed by atoms with Crippen LogP contribution in [-0.2, 0) is 4.74 Å². The van der Waals surface area contributed by atoms with E-state index in [1.54, 1.807) is 6.20 Å². The van der Waals surface area contributed by atoms with Gasteiger partial charge in [0.2, 0.25) is 0 Å². The van der Waals surface area contributed by atoms with Gasteiger partial charge in [0, 0.05) is 19.3 Å². The lowest BCUT2D eigenvalue weighted by atomic mass is 10.2. The summed E-state index contributed by atoms with van der Waals surface area (Å²) in [6.45, 7) is 5.39. The summed E-state index contributed by atoms with van der Waals surface area (Å²) in [5.74, 6) is 0. The molecule has 16 heavy (non-hydrogen) atoms. The maximum Gasteiger partial charge on any atom is 0.124 e. The molecule has 1 atom stereocenters. The topological polar surface area (TPSA) is 60.2 Å². The number of pyridine rings is 1. The van der Waals surface area contributed by atoms with Crippen LogP contribution >= 0.6 is 12.2 Å². The lowest BCUT2D eigenvalue weighted by Gasteiger charge is -2.15. The molecular formula is C11H17N3OS. The van der Waals surface area contributed by atoms with E-state index in [4.69, 9.17) is 22.7 Å². The van der Waals surface area contributed by atoms with Gasteiger partial charge in [0.05, 0.1) is 11.8 Å². The molecule has 1 heterocycles. The highest BCUT2D eigenvalue weighted by atomic mass is 32.1. The summed E-state index contributed by atoms with van der Waals surface area (Å²) >= 11 is 4.92. The van der Waals surface area contributed by atoms with Crippen molar-refractivity contribution in [2.75, 3.05) is 18.5 Å². The molecule has 88 valence electrons. The molecule has 1 unspecified atom stereocenters. The molecule has 0 fully saturated rings. The van der Waals surface area contributed by atoms with Crippen molar-refractivity contribution in [1.29, 1.82) is 0 Å². The van der Waals surface area contributed by atoms with Crippen molar-refractivity contribution >= 4 is 22.9 Å². The quantitative estimate of drug-likeness (QED) is 0.738. The van der Waals surface area contributed by atoms with Crippen LogP contribution < -0.4 is 11.1 Å². The van der Waals surface area contributed by atoms with Crippen molar-refractivity contribution in [2.24, 2.45) is 5.73 Å². The lowest BCUT2D eigenvalue weighted by molar-refractivity contribution is 0.0855. The van der Waals surface area contributed by atoms with Crippen LogP contribution in [0.5, 0.6) is 0 Å². The molecular weight excluding hydrogens is 222 g/mol. The minimum atomic E-state index is 0.143. The predicted octanol–water partition coefficient (Wildman–Crippen LogP) is 1.55. The highest BCUT2D eigenvalue weighted by Gasteiger charge is 2.07. The first kappa shape index (κ1) is 12.9. The van der Waals surface area contributed by atoms with Crippen molar-refractivity contribution in [2.45, 2.75) is 20.0 Å². The molecule has 0 aliphatic heterocycles. The van der Waals surface area contributed by atoms with Crippen molar-refractivity contribution in [1.82, 2.24) is 4.98 Å². The molecule has 4 nitrogen and oxygen atoms in total. The van der Waals surface area contributed by atoms with E-state index < -0.39 is 0 Å². The summed E-state index contributed by atoms with van der Waals surface area (Å²) in [4.78, 5) is 4.43. The van der Waals surface area contributed by atoms with Gasteiger partial charge in [-0.2, -0.15) is 0 Å². The SMILES string of the molecule is CCOC(C)CNc1cccnc1C(N)=S. The Hall–Kier alpha value is -1.20. The molecule has 0 saturated carbocycles. The molecule has 1 aromatic heterocycles. The van der Waals surface area contributed by atoms with Crippen LogP contribution in [0.3, 0.4) is 0 Å². The summed E-state index contributed by atoms with van der Waals surface area (Å²) in [6.07, 6.45) is 1.82. The second kappa shape index (κ2) is 6.40. The van der Waals surface area contributed by atoms with E-state index in [0.29, 0.717) is 23.8 Å². The second-order valence-corrected chi connectivity index (χ2v) is 3.85. The molecule has 0 aliphatic carbocycles. The van der Waals surface area contributed by atoms with Crippen molar-refractivity contribution in [3.63, 3.8) is 0 Å². The van der Waals surface area contributed by atoms with E-state index >= 15 is 0 Å². The van der Waals surface area contributed by atoms with E-state index in [1.807, 2.05) is 26.0 Å². The molecule has 0 aromatic carbocycles. The molecule has 0 radical (unpaired) electrons. The van der Waals surface area contributed by atoms with Gasteiger partial charge < -0.3 is 15.8 Å². The Bertz CT molecular complexity index is 357. The number of hydrogen-bond acceptors (Lipinski definition) is 4. The van der Waals surface area contributed by atoms with Crippen LogP contribution in [-0.4, -0.2) is 29.2 Å². The van der Waals surface area contributed by atoms with E-state index in [1.165, 1.54) is 0 Å². The van der Waals surface area contributed by atoms with Crippen LogP contribution in [0.4, 0.5) is 5.69 Å². The third kappa shape index (κ3) is 3.75. The number of anilines is 1. The predicted molar refractivity (Wildman–Crippen MR) is 69.7 cm³/mol. The second-order valence-electron chi connectivity index (χ2n) is 3.41. The third-order valence-electron chi connectivity index (χ3n) is 2.07. The molecule has 0 bridgehead atoms. The standard InChI is InChI=1S/C11H17N3OS/c1-3-15-8(2)7-14-9-5-4-6-13-10(9)11(12)16/h4-6,8,14H,3,7H2,1-2H3,(H2,12,16). The van der Waals surface area contributed by atoms with Crippen molar-refractivity contribution in [3.8, 4) is 0 Å². The Morgan fingerprint density at radius 3 is 3.06 bits per heavy atom. The van der Waals surface area contributed by atoms with Crippen LogP contribution in [0.25, 0.3) is 0 Å². The van der Waals surface area contributed by atoms with Crippen LogP contribution in [0.15, 0.2) is 18.3 Å². The number of nitrogens with zero attached hydrogens (tertiary/aromatic N) is 1. The zero-order valence-corrected chi connectivity index (χ0v) is 10.4. The normalized spacial score (nSPS) is 12.1. The zero-order chi connectivity index (χ0) is 12.0. The maximum atomic E-state index is 5.58. The number of nitrogens with two attached hydrogens (primary N) is 1. The molecule has 0 amide bonds. The van der Waals surface area contributed by atoms with Crippen LogP contribution in [0, 0.1) is 0 Å². The minimum Gasteiger partial charge on any atom is -0.388 e. The third-order valence-corrected chi connectivity index (χ3v) is 2.27. The monoisotopic (exact) mass is 239 g/mol. The highest BCUT2D eigenvalue weighted by molar-refractivity contribution is 7.80. The first-order chi connectivity index (χ1) is 7.65. The highest BCUT2D eigenvalue weighted by Crippen LogP contribution is 2.11. The van der Waals surface area contributed by atoms with Gasteiger partial charge in [0.15, 0.2) is 0 Å². The Balaban J connectivity index is 2.63. The molecule has 1 aromatic rings. The molecule has 0 aliphatic rings. The van der Waals surface area contributed by atoms with Gasteiger partial charge in [-0.3, -0.25) is 4.98 Å². The average Bonchev–Trinajstić information content (AvgIpc) is 2.27. The zero-order valence-electron chi connectivity index (χ0n) is 9.56. The Morgan fingerprint density at radius 2 is 2.44 bits per heavy atom. The molecule has 0 spiro atoms. The Morgan fingerprint density at radius 1 is 1.69 bits per heavy atom. The maximum absolute atomic E-state index is 5.58. The van der Waals surface area contributed by atoms with E-state index in [-0.39, 0.29) is 6.10 Å². The number of aromatic nitrogens is 1. The number of hydrogen-bond donors (Lipinski definition) is 2. The fraction of sp³-hybridized carbons (Fsp3) is 0.455. The number of rotatable bonds is 6. The van der Waals surface area contributed by atoms with E-state index in [0.717, 1.165) is 5.69 Å². The first-order valence-electron chi connectivity index (χ1n) is 5.25. The summed E-state index contributed by atoms with van der Waals surface area (Å²) in [5.41, 5.74) is 7.05. The summed E-state index contributed by atoms with van der Waals surface area (Å²) in [5, 5.41) is 3.22. The molecule has 0 saturated heterocycles. The van der Waals surface area contributed by atoms with Crippen molar-refractivity contribution in [3.05, 3.63) is 24.0 Å². The molecule has 1 rings (SSSR count). The fourth-order valence-electron chi connectivity index (χ4n) is 1.34. The number of nitrogens with one attached hydrogen (secondary N) is 1. The minimum absolute atomic E-state index is 0.143. The fourth-order valence-corrected chi connectivity index (χ4v) is 1.50. The molecule has 3 N–H and O–H groups in total. The van der Waals surface area contributed by atoms with Gasteiger partial charge in [-0.05, 0) is 26.0 Å². The first-order valence-corrected chi connectivity index (χ1v) is 5.66. The summed E-state index contributed by atoms with van der Waals surface area (Å²) in [6, 6.07) is 3.75. The van der Waals surface area contributed by atoms with Gasteiger partial charge in [-0.15, -0.1) is 0 Å². The lowest BCUT2D eigenvalue weighted by Crippen LogP contribution is -2.22. The van der Waals surface area contributed by atoms with Gasteiger partial charge in [0.25, 0.3) is 0 Å². The van der Waals surface area contributed by atoms with E-state index in [2.05, 4.69) is 10.3 Å². The summed E-state index contributed by atoms with van der Waals surface area (Å²) < 4.78 is 5.42. The van der Waals surface area contributed by atoms with Gasteiger partial charge >= 0.3 is 0 Å². The van der Waals surface area contributed by atoms with Crippen molar-refractivity contribution < 1.29 is 4.74 Å². The number of thiocarbonyl (C=S) groups is 1. The Labute approximate surface area is 101 Å². The Kier molecular flexibility index (Phi) is 5.14. The molecule has 5 heteroatoms. The smallest absolute Gasteiger partial charge is 0.124 e. The largest absolute Gasteiger partial charge is 0.388 e. The van der Waals surface area contributed by atoms with Gasteiger partial charge in [-0.1, -0.05) is 12.2 Å². The van der Waals surface area contributed by atoms with E-state index in [9.17, 15) is 0 Å². The van der Waals surface area contributed by atoms with Gasteiger partial charge in [-0.25, -0.2) is 0 Å². The number of ether oxygens (including phenoxy) is 1. The average molecular weight is 239 g/mol. The van der Waals surface area contributed by atoms with Crippen LogP contribution in [0.2, 0.25) is 0 Å². The summed E-state index contributed by atoms with van der Waals surface area (Å²) in [7, 11) is 0.